The Kier molecular flexibility index (Phi) is 6.11. The fourth-order valence-electron chi connectivity index (χ4n) is 4.69. The van der Waals surface area contributed by atoms with Crippen molar-refractivity contribution < 1.29 is 14.4 Å². The maximum Gasteiger partial charge on any atom is 0.234 e. The van der Waals surface area contributed by atoms with Crippen LogP contribution in [0.15, 0.2) is 18.3 Å². The summed E-state index contributed by atoms with van der Waals surface area (Å²) >= 11 is 0. The standard InChI is InChI=1S/C22H30N4O3/c27-20-7-5-18(22(29)24-20)17-4-6-19(23-15-17)25-12-8-16(9-13-25)14-21(28)26-10-2-1-3-11-26/h4,6,15-16,18H,1-3,5,7-14H2,(H,24,27,29). The van der Waals surface area contributed by atoms with Gasteiger partial charge in [-0.15, -0.1) is 0 Å². The van der Waals surface area contributed by atoms with Gasteiger partial charge in [0.2, 0.25) is 17.7 Å². The molecule has 4 heterocycles. The molecule has 7 nitrogen and oxygen atoms in total. The molecule has 3 fully saturated rings. The van der Waals surface area contributed by atoms with E-state index in [1.165, 1.54) is 6.42 Å². The van der Waals surface area contributed by atoms with Crippen molar-refractivity contribution in [2.75, 3.05) is 31.1 Å². The van der Waals surface area contributed by atoms with E-state index < -0.39 is 0 Å². The van der Waals surface area contributed by atoms with Gasteiger partial charge in [-0.3, -0.25) is 19.7 Å². The van der Waals surface area contributed by atoms with Crippen molar-refractivity contribution in [3.05, 3.63) is 23.9 Å². The number of pyridine rings is 1. The molecule has 7 heteroatoms. The second-order valence-electron chi connectivity index (χ2n) is 8.53. The highest BCUT2D eigenvalue weighted by atomic mass is 16.2. The molecule has 3 aliphatic heterocycles. The number of aromatic nitrogens is 1. The molecule has 0 aromatic carbocycles. The Bertz CT molecular complexity index is 750. The molecular weight excluding hydrogens is 368 g/mol. The van der Waals surface area contributed by atoms with Gasteiger partial charge in [0.25, 0.3) is 0 Å². The lowest BCUT2D eigenvalue weighted by Crippen LogP contribution is -2.40. The molecule has 3 saturated heterocycles. The lowest BCUT2D eigenvalue weighted by molar-refractivity contribution is -0.135. The summed E-state index contributed by atoms with van der Waals surface area (Å²) in [4.78, 5) is 44.7. The molecule has 0 spiro atoms. The monoisotopic (exact) mass is 398 g/mol. The highest BCUT2D eigenvalue weighted by molar-refractivity contribution is 6.00. The van der Waals surface area contributed by atoms with Crippen LogP contribution >= 0.6 is 0 Å². The van der Waals surface area contributed by atoms with Crippen molar-refractivity contribution in [3.63, 3.8) is 0 Å². The molecule has 3 aliphatic rings. The van der Waals surface area contributed by atoms with Crippen LogP contribution in [0.2, 0.25) is 0 Å². The van der Waals surface area contributed by atoms with Crippen molar-refractivity contribution >= 4 is 23.5 Å². The summed E-state index contributed by atoms with van der Waals surface area (Å²) in [7, 11) is 0. The maximum atomic E-state index is 12.5. The first kappa shape index (κ1) is 19.9. The molecule has 3 amide bonds. The third-order valence-corrected chi connectivity index (χ3v) is 6.52. The van der Waals surface area contributed by atoms with Crippen molar-refractivity contribution in [2.45, 2.75) is 57.3 Å². The highest BCUT2D eigenvalue weighted by Gasteiger charge is 2.29. The van der Waals surface area contributed by atoms with Crippen molar-refractivity contribution in [1.82, 2.24) is 15.2 Å². The highest BCUT2D eigenvalue weighted by Crippen LogP contribution is 2.28. The molecule has 0 aliphatic carbocycles. The van der Waals surface area contributed by atoms with E-state index in [1.54, 1.807) is 6.20 Å². The number of rotatable bonds is 4. The fraction of sp³-hybridized carbons (Fsp3) is 0.636. The van der Waals surface area contributed by atoms with Crippen LogP contribution in [0, 0.1) is 5.92 Å². The van der Waals surface area contributed by atoms with E-state index >= 15 is 0 Å². The van der Waals surface area contributed by atoms with Gasteiger partial charge in [0, 0.05) is 45.2 Å². The van der Waals surface area contributed by atoms with Gasteiger partial charge in [-0.25, -0.2) is 4.98 Å². The number of hydrogen-bond acceptors (Lipinski definition) is 5. The Balaban J connectivity index is 1.28. The van der Waals surface area contributed by atoms with Crippen LogP contribution in [0.25, 0.3) is 0 Å². The lowest BCUT2D eigenvalue weighted by atomic mass is 9.91. The molecule has 1 aromatic rings. The molecule has 29 heavy (non-hydrogen) atoms. The average Bonchev–Trinajstić information content (AvgIpc) is 2.75. The smallest absolute Gasteiger partial charge is 0.234 e. The number of carbonyl (C=O) groups excluding carboxylic acids is 3. The van der Waals surface area contributed by atoms with E-state index in [0.717, 1.165) is 63.2 Å². The zero-order valence-electron chi connectivity index (χ0n) is 16.9. The molecule has 1 unspecified atom stereocenters. The molecule has 4 rings (SSSR count). The van der Waals surface area contributed by atoms with Crippen LogP contribution in [0.4, 0.5) is 5.82 Å². The number of carbonyl (C=O) groups is 3. The van der Waals surface area contributed by atoms with E-state index in [2.05, 4.69) is 15.2 Å². The minimum Gasteiger partial charge on any atom is -0.357 e. The van der Waals surface area contributed by atoms with Crippen LogP contribution < -0.4 is 10.2 Å². The Hall–Kier alpha value is -2.44. The summed E-state index contributed by atoms with van der Waals surface area (Å²) in [5.41, 5.74) is 0.862. The van der Waals surface area contributed by atoms with Gasteiger partial charge in [-0.2, -0.15) is 0 Å². The van der Waals surface area contributed by atoms with Gasteiger partial charge >= 0.3 is 0 Å². The summed E-state index contributed by atoms with van der Waals surface area (Å²) in [6.07, 6.45) is 8.92. The Morgan fingerprint density at radius 1 is 1.03 bits per heavy atom. The molecule has 1 atom stereocenters. The average molecular weight is 399 g/mol. The number of nitrogens with zero attached hydrogens (tertiary/aromatic N) is 3. The third kappa shape index (κ3) is 4.77. The minimum atomic E-state index is -0.291. The fourth-order valence-corrected chi connectivity index (χ4v) is 4.69. The van der Waals surface area contributed by atoms with Crippen LogP contribution in [0.5, 0.6) is 0 Å². The van der Waals surface area contributed by atoms with Gasteiger partial charge in [-0.1, -0.05) is 6.07 Å². The molecule has 1 aromatic heterocycles. The summed E-state index contributed by atoms with van der Waals surface area (Å²) in [5.74, 6) is 0.994. The first-order valence-corrected chi connectivity index (χ1v) is 10.9. The summed E-state index contributed by atoms with van der Waals surface area (Å²) in [6.45, 7) is 3.67. The van der Waals surface area contributed by atoms with Gasteiger partial charge in [0.05, 0.1) is 5.92 Å². The van der Waals surface area contributed by atoms with Gasteiger partial charge < -0.3 is 9.80 Å². The van der Waals surface area contributed by atoms with Gasteiger partial charge in [-0.05, 0) is 56.1 Å². The van der Waals surface area contributed by atoms with E-state index in [1.807, 2.05) is 17.0 Å². The molecule has 0 saturated carbocycles. The van der Waals surface area contributed by atoms with Crippen LogP contribution in [-0.4, -0.2) is 53.8 Å². The second kappa shape index (κ2) is 8.93. The summed E-state index contributed by atoms with van der Waals surface area (Å²) < 4.78 is 0. The number of hydrogen-bond donors (Lipinski definition) is 1. The first-order valence-electron chi connectivity index (χ1n) is 10.9. The van der Waals surface area contributed by atoms with E-state index in [0.29, 0.717) is 31.1 Å². The number of likely N-dealkylation sites (tertiary alicyclic amines) is 1. The number of piperidine rings is 3. The molecular formula is C22H30N4O3. The van der Waals surface area contributed by atoms with Crippen molar-refractivity contribution in [2.24, 2.45) is 5.92 Å². The van der Waals surface area contributed by atoms with E-state index in [9.17, 15) is 14.4 Å². The molecule has 0 radical (unpaired) electrons. The third-order valence-electron chi connectivity index (χ3n) is 6.52. The number of imide groups is 1. The predicted molar refractivity (Wildman–Crippen MR) is 109 cm³/mol. The number of anilines is 1. The van der Waals surface area contributed by atoms with Crippen molar-refractivity contribution in [1.29, 1.82) is 0 Å². The normalized spacial score (nSPS) is 23.8. The number of nitrogens with one attached hydrogen (secondary N) is 1. The zero-order chi connectivity index (χ0) is 20.2. The SMILES string of the molecule is O=C1CCC(c2ccc(N3CCC(CC(=O)N4CCCCC4)CC3)nc2)C(=O)N1. The van der Waals surface area contributed by atoms with E-state index in [-0.39, 0.29) is 17.7 Å². The van der Waals surface area contributed by atoms with Crippen LogP contribution in [0.1, 0.15) is 62.8 Å². The Labute approximate surface area is 171 Å². The minimum absolute atomic E-state index is 0.197. The Morgan fingerprint density at radius 2 is 1.79 bits per heavy atom. The topological polar surface area (TPSA) is 82.6 Å². The van der Waals surface area contributed by atoms with Crippen molar-refractivity contribution in [3.8, 4) is 0 Å². The quantitative estimate of drug-likeness (QED) is 0.787. The largest absolute Gasteiger partial charge is 0.357 e. The zero-order valence-corrected chi connectivity index (χ0v) is 16.9. The lowest BCUT2D eigenvalue weighted by Gasteiger charge is -2.34. The first-order chi connectivity index (χ1) is 14.1. The number of amides is 3. The molecule has 0 bridgehead atoms. The second-order valence-corrected chi connectivity index (χ2v) is 8.53. The van der Waals surface area contributed by atoms with E-state index in [4.69, 9.17) is 0 Å². The maximum absolute atomic E-state index is 12.5. The van der Waals surface area contributed by atoms with Crippen LogP contribution in [0.3, 0.4) is 0 Å². The summed E-state index contributed by atoms with van der Waals surface area (Å²) in [6, 6.07) is 3.92. The Morgan fingerprint density at radius 3 is 2.45 bits per heavy atom. The summed E-state index contributed by atoms with van der Waals surface area (Å²) in [5, 5.41) is 2.40. The molecule has 1 N–H and O–H groups in total. The van der Waals surface area contributed by atoms with Crippen LogP contribution in [-0.2, 0) is 14.4 Å². The molecule has 156 valence electrons. The van der Waals surface area contributed by atoms with Gasteiger partial charge in [0.1, 0.15) is 5.82 Å². The predicted octanol–water partition coefficient (Wildman–Crippen LogP) is 2.22. The van der Waals surface area contributed by atoms with Gasteiger partial charge in [0.15, 0.2) is 0 Å².